The summed E-state index contributed by atoms with van der Waals surface area (Å²) in [5, 5.41) is 12.1. The Morgan fingerprint density at radius 1 is 1.42 bits per heavy atom. The van der Waals surface area contributed by atoms with Crippen LogP contribution in [0.25, 0.3) is 11.3 Å². The summed E-state index contributed by atoms with van der Waals surface area (Å²) < 4.78 is 2.49. The Bertz CT molecular complexity index is 548. The summed E-state index contributed by atoms with van der Waals surface area (Å²) in [5.74, 6) is 0. The largest absolute Gasteiger partial charge is 0.313 e. The van der Waals surface area contributed by atoms with Gasteiger partial charge in [-0.15, -0.1) is 5.10 Å². The first-order chi connectivity index (χ1) is 9.13. The van der Waals surface area contributed by atoms with Crippen LogP contribution in [0, 0.1) is 0 Å². The van der Waals surface area contributed by atoms with E-state index in [2.05, 4.69) is 44.5 Å². The van der Waals surface area contributed by atoms with Gasteiger partial charge in [-0.3, -0.25) is 0 Å². The molecule has 0 aliphatic rings. The minimum absolute atomic E-state index is 0.741. The normalized spacial score (nSPS) is 10.9. The summed E-state index contributed by atoms with van der Waals surface area (Å²) in [7, 11) is 1.87. The average Bonchev–Trinajstić information content (AvgIpc) is 2.72. The molecule has 0 fully saturated rings. The van der Waals surface area contributed by atoms with Crippen molar-refractivity contribution in [3.8, 4) is 11.3 Å². The van der Waals surface area contributed by atoms with Gasteiger partial charge < -0.3 is 5.32 Å². The van der Waals surface area contributed by atoms with Gasteiger partial charge in [0.05, 0.1) is 0 Å². The molecule has 0 atom stereocenters. The summed E-state index contributed by atoms with van der Waals surface area (Å²) >= 11 is 9.64. The smallest absolute Gasteiger partial charge is 0.156 e. The lowest BCUT2D eigenvalue weighted by atomic mass is 10.1. The van der Waals surface area contributed by atoms with Crippen molar-refractivity contribution in [2.75, 3.05) is 6.54 Å². The van der Waals surface area contributed by atoms with E-state index in [9.17, 15) is 0 Å². The van der Waals surface area contributed by atoms with Gasteiger partial charge in [0.15, 0.2) is 4.60 Å². The maximum Gasteiger partial charge on any atom is 0.156 e. The van der Waals surface area contributed by atoms with E-state index in [0.29, 0.717) is 0 Å². The van der Waals surface area contributed by atoms with E-state index < -0.39 is 0 Å². The number of hydrogen-bond donors (Lipinski definition) is 1. The molecule has 2 aromatic rings. The summed E-state index contributed by atoms with van der Waals surface area (Å²) in [6, 6.07) is 5.98. The fourth-order valence-corrected chi connectivity index (χ4v) is 2.64. The van der Waals surface area contributed by atoms with Crippen LogP contribution in [0.1, 0.15) is 18.9 Å². The van der Waals surface area contributed by atoms with E-state index in [1.54, 1.807) is 4.68 Å². The standard InChI is InChI=1S/C13H16BrClN4/c1-3-6-16-8-10-7-9(4-5-11(10)15)12-13(14)17-18-19(12)2/h4-5,7,16H,3,6,8H2,1-2H3. The molecule has 0 saturated carbocycles. The lowest BCUT2D eigenvalue weighted by molar-refractivity contribution is 0.675. The number of nitrogens with zero attached hydrogens (tertiary/aromatic N) is 3. The van der Waals surface area contributed by atoms with E-state index in [1.165, 1.54) is 0 Å². The van der Waals surface area contributed by atoms with E-state index >= 15 is 0 Å². The third-order valence-corrected chi connectivity index (χ3v) is 3.75. The fourth-order valence-electron chi connectivity index (χ4n) is 1.90. The molecule has 1 aromatic carbocycles. The molecular weight excluding hydrogens is 328 g/mol. The molecule has 0 spiro atoms. The van der Waals surface area contributed by atoms with Crippen LogP contribution < -0.4 is 5.32 Å². The Morgan fingerprint density at radius 2 is 2.21 bits per heavy atom. The Balaban J connectivity index is 2.30. The molecule has 1 aromatic heterocycles. The van der Waals surface area contributed by atoms with Crippen LogP contribution in [0.5, 0.6) is 0 Å². The molecule has 102 valence electrons. The van der Waals surface area contributed by atoms with Crippen molar-refractivity contribution in [2.45, 2.75) is 19.9 Å². The van der Waals surface area contributed by atoms with E-state index in [0.717, 1.165) is 46.0 Å². The van der Waals surface area contributed by atoms with Crippen LogP contribution in [0.4, 0.5) is 0 Å². The minimum Gasteiger partial charge on any atom is -0.313 e. The number of halogens is 2. The quantitative estimate of drug-likeness (QED) is 0.846. The zero-order chi connectivity index (χ0) is 13.8. The van der Waals surface area contributed by atoms with Crippen molar-refractivity contribution in [1.29, 1.82) is 0 Å². The molecule has 0 amide bonds. The van der Waals surface area contributed by atoms with Crippen LogP contribution in [-0.2, 0) is 13.6 Å². The molecule has 0 unspecified atom stereocenters. The van der Waals surface area contributed by atoms with Gasteiger partial charge in [-0.2, -0.15) is 0 Å². The highest BCUT2D eigenvalue weighted by atomic mass is 79.9. The monoisotopic (exact) mass is 342 g/mol. The van der Waals surface area contributed by atoms with Crippen LogP contribution in [-0.4, -0.2) is 21.5 Å². The maximum absolute atomic E-state index is 6.23. The molecule has 2 rings (SSSR count). The molecule has 0 radical (unpaired) electrons. The van der Waals surface area contributed by atoms with Gasteiger partial charge in [0.2, 0.25) is 0 Å². The van der Waals surface area contributed by atoms with Gasteiger partial charge in [0.1, 0.15) is 5.69 Å². The third-order valence-electron chi connectivity index (χ3n) is 2.85. The molecule has 6 heteroatoms. The van der Waals surface area contributed by atoms with E-state index in [4.69, 9.17) is 11.6 Å². The van der Waals surface area contributed by atoms with Crippen molar-refractivity contribution >= 4 is 27.5 Å². The average molecular weight is 344 g/mol. The third kappa shape index (κ3) is 3.35. The molecule has 1 heterocycles. The number of aromatic nitrogens is 3. The number of hydrogen-bond acceptors (Lipinski definition) is 3. The molecular formula is C13H16BrClN4. The minimum atomic E-state index is 0.741. The predicted molar refractivity (Wildman–Crippen MR) is 81.1 cm³/mol. The number of nitrogens with one attached hydrogen (secondary N) is 1. The van der Waals surface area contributed by atoms with Crippen molar-refractivity contribution in [3.63, 3.8) is 0 Å². The summed E-state index contributed by atoms with van der Waals surface area (Å²) in [5.41, 5.74) is 3.09. The van der Waals surface area contributed by atoms with Gasteiger partial charge in [-0.1, -0.05) is 29.8 Å². The Morgan fingerprint density at radius 3 is 2.84 bits per heavy atom. The fraction of sp³-hybridized carbons (Fsp3) is 0.385. The first-order valence-corrected chi connectivity index (χ1v) is 7.35. The van der Waals surface area contributed by atoms with Gasteiger partial charge in [-0.25, -0.2) is 4.68 Å². The lowest BCUT2D eigenvalue weighted by Gasteiger charge is -2.09. The Labute approximate surface area is 126 Å². The highest BCUT2D eigenvalue weighted by molar-refractivity contribution is 9.10. The second kappa shape index (κ2) is 6.50. The molecule has 0 saturated heterocycles. The maximum atomic E-state index is 6.23. The molecule has 19 heavy (non-hydrogen) atoms. The lowest BCUT2D eigenvalue weighted by Crippen LogP contribution is -2.14. The zero-order valence-electron chi connectivity index (χ0n) is 11.0. The van der Waals surface area contributed by atoms with Crippen molar-refractivity contribution in [1.82, 2.24) is 20.3 Å². The molecule has 1 N–H and O–H groups in total. The van der Waals surface area contributed by atoms with E-state index in [-0.39, 0.29) is 0 Å². The highest BCUT2D eigenvalue weighted by Crippen LogP contribution is 2.29. The topological polar surface area (TPSA) is 42.7 Å². The number of rotatable bonds is 5. The first-order valence-electron chi connectivity index (χ1n) is 6.18. The van der Waals surface area contributed by atoms with Crippen LogP contribution in [0.3, 0.4) is 0 Å². The van der Waals surface area contributed by atoms with Gasteiger partial charge >= 0.3 is 0 Å². The van der Waals surface area contributed by atoms with Crippen molar-refractivity contribution < 1.29 is 0 Å². The molecule has 0 aliphatic heterocycles. The van der Waals surface area contributed by atoms with Crippen molar-refractivity contribution in [3.05, 3.63) is 33.4 Å². The second-order valence-corrected chi connectivity index (χ2v) is 5.49. The van der Waals surface area contributed by atoms with Crippen molar-refractivity contribution in [2.24, 2.45) is 7.05 Å². The SMILES string of the molecule is CCCNCc1cc(-c2c(Br)nnn2C)ccc1Cl. The van der Waals surface area contributed by atoms with Gasteiger partial charge in [0, 0.05) is 24.2 Å². The van der Waals surface area contributed by atoms with Crippen LogP contribution in [0.15, 0.2) is 22.8 Å². The Kier molecular flexibility index (Phi) is 4.96. The van der Waals surface area contributed by atoms with Crippen LogP contribution >= 0.6 is 27.5 Å². The molecule has 0 aliphatic carbocycles. The molecule has 0 bridgehead atoms. The number of benzene rings is 1. The van der Waals surface area contributed by atoms with Gasteiger partial charge in [-0.05, 0) is 46.6 Å². The number of aryl methyl sites for hydroxylation is 1. The van der Waals surface area contributed by atoms with Crippen LogP contribution in [0.2, 0.25) is 5.02 Å². The van der Waals surface area contributed by atoms with Gasteiger partial charge in [0.25, 0.3) is 0 Å². The molecule has 4 nitrogen and oxygen atoms in total. The first kappa shape index (κ1) is 14.5. The summed E-state index contributed by atoms with van der Waals surface area (Å²) in [6.07, 6.45) is 1.11. The highest BCUT2D eigenvalue weighted by Gasteiger charge is 2.12. The summed E-state index contributed by atoms with van der Waals surface area (Å²) in [6.45, 7) is 3.89. The summed E-state index contributed by atoms with van der Waals surface area (Å²) in [4.78, 5) is 0. The zero-order valence-corrected chi connectivity index (χ0v) is 13.3. The Hall–Kier alpha value is -0.910. The predicted octanol–water partition coefficient (Wildman–Crippen LogP) is 3.40. The second-order valence-electron chi connectivity index (χ2n) is 4.34. The van der Waals surface area contributed by atoms with E-state index in [1.807, 2.05) is 19.2 Å².